The van der Waals surface area contributed by atoms with E-state index in [1.54, 1.807) is 0 Å². The summed E-state index contributed by atoms with van der Waals surface area (Å²) in [6.07, 6.45) is 1.58. The zero-order valence-electron chi connectivity index (χ0n) is 30.3. The molecule has 7 nitrogen and oxygen atoms in total. The highest BCUT2D eigenvalue weighted by molar-refractivity contribution is 14.1. The van der Waals surface area contributed by atoms with Crippen molar-refractivity contribution in [1.29, 1.82) is 0 Å². The van der Waals surface area contributed by atoms with Crippen LogP contribution in [0.1, 0.15) is 129 Å². The first kappa shape index (κ1) is 39.8. The Hall–Kier alpha value is -2.33. The average molecular weight is 752 g/mol. The van der Waals surface area contributed by atoms with Gasteiger partial charge >= 0.3 is 11.9 Å². The Labute approximate surface area is 291 Å². The molecule has 0 spiro atoms. The number of esters is 2. The topological polar surface area (TPSA) is 96.3 Å². The van der Waals surface area contributed by atoms with Gasteiger partial charge < -0.3 is 19.7 Å². The molecule has 0 aliphatic heterocycles. The molecule has 0 aliphatic rings. The van der Waals surface area contributed by atoms with Gasteiger partial charge in [0.2, 0.25) is 0 Å². The Balaban J connectivity index is 1.80. The number of hydrogen-bond donors (Lipinski definition) is 2. The van der Waals surface area contributed by atoms with Crippen LogP contribution in [0.3, 0.4) is 0 Å². The average Bonchev–Trinajstić information content (AvgIpc) is 2.89. The monoisotopic (exact) mass is 751 g/mol. The van der Waals surface area contributed by atoms with E-state index in [0.29, 0.717) is 37.4 Å². The van der Waals surface area contributed by atoms with Gasteiger partial charge in [0.15, 0.2) is 0 Å². The number of ether oxygens (including phenoxy) is 2. The zero-order chi connectivity index (χ0) is 35.3. The summed E-state index contributed by atoms with van der Waals surface area (Å²) in [4.78, 5) is 25.0. The van der Waals surface area contributed by atoms with Crippen LogP contribution in [-0.4, -0.2) is 51.6 Å². The molecule has 0 saturated carbocycles. The Kier molecular flexibility index (Phi) is 13.6. The molecule has 2 aromatic rings. The third kappa shape index (κ3) is 12.0. The van der Waals surface area contributed by atoms with E-state index in [9.17, 15) is 19.8 Å². The number of aromatic hydroxyl groups is 2. The van der Waals surface area contributed by atoms with Crippen molar-refractivity contribution in [2.75, 3.05) is 26.3 Å². The minimum absolute atomic E-state index is 0.224. The number of carbonyl (C=O) groups is 2. The van der Waals surface area contributed by atoms with Gasteiger partial charge in [-0.1, -0.05) is 107 Å². The molecule has 0 aromatic heterocycles. The standard InChI is InChI=1S/C38H58INO6/c1-35(2,3)27-21-25(22-28(33(27)43)36(4,5)6)13-15-31(41)45-19-17-40(39)18-20-46-32(42)16-14-26-23-29(37(7,8)9)34(44)30(24-26)38(10,11)12/h21-24,43-44H,13-20H2,1-12H3. The van der Waals surface area contributed by atoms with Gasteiger partial charge in [0.1, 0.15) is 24.7 Å². The SMILES string of the molecule is CC(C)(C)c1cc(CCC(=O)OCCN(I)CCOC(=O)CCc2cc(C(C)(C)C)c(O)c(C(C)(C)C)c2)cc(C(C)(C)C)c1O. The van der Waals surface area contributed by atoms with Gasteiger partial charge in [0.25, 0.3) is 0 Å². The van der Waals surface area contributed by atoms with Crippen LogP contribution in [0.5, 0.6) is 11.5 Å². The molecular weight excluding hydrogens is 693 g/mol. The van der Waals surface area contributed by atoms with Crippen LogP contribution in [-0.2, 0) is 53.6 Å². The molecule has 0 bridgehead atoms. The van der Waals surface area contributed by atoms with Crippen LogP contribution in [0.25, 0.3) is 0 Å². The maximum atomic E-state index is 12.5. The number of halogens is 1. The van der Waals surface area contributed by atoms with Crippen molar-refractivity contribution >= 4 is 34.8 Å². The van der Waals surface area contributed by atoms with Crippen LogP contribution >= 0.6 is 22.9 Å². The summed E-state index contributed by atoms with van der Waals surface area (Å²) >= 11 is 2.15. The lowest BCUT2D eigenvalue weighted by Gasteiger charge is -2.28. The fourth-order valence-electron chi connectivity index (χ4n) is 5.23. The van der Waals surface area contributed by atoms with Gasteiger partial charge in [-0.15, -0.1) is 0 Å². The van der Waals surface area contributed by atoms with E-state index in [-0.39, 0.29) is 59.7 Å². The first-order chi connectivity index (χ1) is 20.9. The highest BCUT2D eigenvalue weighted by Gasteiger charge is 2.28. The zero-order valence-corrected chi connectivity index (χ0v) is 32.5. The van der Waals surface area contributed by atoms with Crippen molar-refractivity contribution in [3.05, 3.63) is 57.6 Å². The largest absolute Gasteiger partial charge is 0.507 e. The summed E-state index contributed by atoms with van der Waals surface area (Å²) in [6.45, 7) is 26.4. The lowest BCUT2D eigenvalue weighted by Crippen LogP contribution is -2.24. The molecule has 0 saturated heterocycles. The molecule has 0 heterocycles. The summed E-state index contributed by atoms with van der Waals surface area (Å²) in [7, 11) is 0. The fraction of sp³-hybridized carbons (Fsp3) is 0.632. The molecule has 0 amide bonds. The molecule has 0 aliphatic carbocycles. The first-order valence-corrected chi connectivity index (χ1v) is 17.3. The van der Waals surface area contributed by atoms with E-state index in [1.807, 2.05) is 27.4 Å². The highest BCUT2D eigenvalue weighted by Crippen LogP contribution is 2.41. The molecular formula is C38H58INO6. The van der Waals surface area contributed by atoms with Gasteiger partial charge in [0.05, 0.1) is 0 Å². The summed E-state index contributed by atoms with van der Waals surface area (Å²) in [5.74, 6) is 0.136. The lowest BCUT2D eigenvalue weighted by molar-refractivity contribution is -0.143. The predicted octanol–water partition coefficient (Wildman–Crippen LogP) is 8.59. The van der Waals surface area contributed by atoms with Crippen LogP contribution in [0.15, 0.2) is 24.3 Å². The Morgan fingerprint density at radius 3 is 1.09 bits per heavy atom. The van der Waals surface area contributed by atoms with Crippen LogP contribution in [0.2, 0.25) is 0 Å². The Bertz CT molecular complexity index is 1180. The summed E-state index contributed by atoms with van der Waals surface area (Å²) in [5, 5.41) is 21.9. The van der Waals surface area contributed by atoms with Crippen molar-refractivity contribution < 1.29 is 29.3 Å². The van der Waals surface area contributed by atoms with E-state index in [4.69, 9.17) is 9.47 Å². The Morgan fingerprint density at radius 2 is 0.848 bits per heavy atom. The second-order valence-electron chi connectivity index (χ2n) is 16.4. The number of nitrogens with zero attached hydrogens (tertiary/aromatic N) is 1. The predicted molar refractivity (Wildman–Crippen MR) is 195 cm³/mol. The minimum Gasteiger partial charge on any atom is -0.507 e. The minimum atomic E-state index is -0.266. The van der Waals surface area contributed by atoms with Crippen LogP contribution in [0, 0.1) is 0 Å². The molecule has 2 rings (SSSR count). The molecule has 0 fully saturated rings. The van der Waals surface area contributed by atoms with Crippen molar-refractivity contribution in [2.24, 2.45) is 0 Å². The van der Waals surface area contributed by atoms with E-state index in [1.165, 1.54) is 0 Å². The van der Waals surface area contributed by atoms with E-state index >= 15 is 0 Å². The molecule has 2 aromatic carbocycles. The van der Waals surface area contributed by atoms with Crippen molar-refractivity contribution in [3.63, 3.8) is 0 Å². The van der Waals surface area contributed by atoms with Crippen molar-refractivity contribution in [3.8, 4) is 11.5 Å². The normalized spacial score (nSPS) is 12.8. The summed E-state index contributed by atoms with van der Waals surface area (Å²) < 4.78 is 12.9. The highest BCUT2D eigenvalue weighted by atomic mass is 127. The molecule has 2 N–H and O–H groups in total. The molecule has 258 valence electrons. The summed E-state index contributed by atoms with van der Waals surface area (Å²) in [5.41, 5.74) is 4.66. The van der Waals surface area contributed by atoms with E-state index in [2.05, 4.69) is 106 Å². The second kappa shape index (κ2) is 15.7. The maximum absolute atomic E-state index is 12.5. The Morgan fingerprint density at radius 1 is 0.587 bits per heavy atom. The molecule has 0 atom stereocenters. The molecule has 8 heteroatoms. The fourth-order valence-corrected chi connectivity index (χ4v) is 5.62. The van der Waals surface area contributed by atoms with Crippen molar-refractivity contribution in [1.82, 2.24) is 3.11 Å². The second-order valence-corrected chi connectivity index (χ2v) is 17.8. The lowest BCUT2D eigenvalue weighted by atomic mass is 9.78. The van der Waals surface area contributed by atoms with Gasteiger partial charge in [-0.25, -0.2) is 3.11 Å². The first-order valence-electron chi connectivity index (χ1n) is 16.4. The third-order valence-electron chi connectivity index (χ3n) is 8.00. The smallest absolute Gasteiger partial charge is 0.306 e. The van der Waals surface area contributed by atoms with Gasteiger partial charge in [-0.3, -0.25) is 9.59 Å². The maximum Gasteiger partial charge on any atom is 0.306 e. The number of hydrogen-bond acceptors (Lipinski definition) is 7. The quantitative estimate of drug-likeness (QED) is 0.127. The molecule has 0 radical (unpaired) electrons. The molecule has 46 heavy (non-hydrogen) atoms. The van der Waals surface area contributed by atoms with Crippen LogP contribution in [0.4, 0.5) is 0 Å². The number of phenolic OH excluding ortho intramolecular Hbond substituents is 2. The number of aryl methyl sites for hydroxylation is 2. The van der Waals surface area contributed by atoms with E-state index < -0.39 is 0 Å². The van der Waals surface area contributed by atoms with E-state index in [0.717, 1.165) is 33.4 Å². The van der Waals surface area contributed by atoms with Gasteiger partial charge in [-0.05, 0) is 67.9 Å². The molecule has 0 unspecified atom stereocenters. The van der Waals surface area contributed by atoms with Crippen LogP contribution < -0.4 is 0 Å². The third-order valence-corrected chi connectivity index (χ3v) is 8.97. The van der Waals surface area contributed by atoms with Gasteiger partial charge in [0, 0.05) is 48.8 Å². The number of rotatable bonds is 12. The number of phenols is 2. The number of carbonyl (C=O) groups excluding carboxylic acids is 2. The number of benzene rings is 2. The van der Waals surface area contributed by atoms with Gasteiger partial charge in [-0.2, -0.15) is 0 Å². The van der Waals surface area contributed by atoms with Crippen molar-refractivity contribution in [2.45, 2.75) is 130 Å². The summed E-state index contributed by atoms with van der Waals surface area (Å²) in [6, 6.07) is 8.01.